The Kier molecular flexibility index (Phi) is 9.36. The van der Waals surface area contributed by atoms with Crippen LogP contribution in [0.1, 0.15) is 18.4 Å². The summed E-state index contributed by atoms with van der Waals surface area (Å²) >= 11 is 14.1. The van der Waals surface area contributed by atoms with E-state index in [-0.39, 0.29) is 30.1 Å². The molecule has 48 heavy (non-hydrogen) atoms. The maximum absolute atomic E-state index is 13.3. The molecule has 0 unspecified atom stereocenters. The molecule has 3 aromatic heterocycles. The minimum absolute atomic E-state index is 0.0114. The largest absolute Gasteiger partial charge is 0.480 e. The highest BCUT2D eigenvalue weighted by molar-refractivity contribution is 6.39. The molecule has 2 aromatic carbocycles. The van der Waals surface area contributed by atoms with Gasteiger partial charge in [-0.15, -0.1) is 0 Å². The zero-order valence-electron chi connectivity index (χ0n) is 26.4. The van der Waals surface area contributed by atoms with Crippen molar-refractivity contribution in [2.45, 2.75) is 25.6 Å². The number of hydrogen-bond acceptors (Lipinski definition) is 8. The highest BCUT2D eigenvalue weighted by Gasteiger charge is 2.25. The second-order valence-corrected chi connectivity index (χ2v) is 12.3. The smallest absolute Gasteiger partial charge is 0.323 e. The summed E-state index contributed by atoms with van der Waals surface area (Å²) < 4.78 is 6.99. The summed E-state index contributed by atoms with van der Waals surface area (Å²) in [6.45, 7) is 0.136. The number of nitrogens with one attached hydrogen (secondary N) is 1. The number of fused-ring (bicyclic) bond motifs is 1. The molecular formula is C35H32Cl2N6O5. The van der Waals surface area contributed by atoms with Crippen molar-refractivity contribution in [3.8, 4) is 39.4 Å². The highest BCUT2D eigenvalue weighted by Crippen LogP contribution is 2.42. The lowest BCUT2D eigenvalue weighted by molar-refractivity contribution is -0.135. The molecule has 4 heterocycles. The van der Waals surface area contributed by atoms with Crippen molar-refractivity contribution in [3.05, 3.63) is 99.0 Å². The molecule has 1 amide bonds. The molecule has 1 fully saturated rings. The van der Waals surface area contributed by atoms with Crippen molar-refractivity contribution in [1.82, 2.24) is 24.6 Å². The third-order valence-electron chi connectivity index (χ3n) is 8.40. The van der Waals surface area contributed by atoms with Gasteiger partial charge in [-0.05, 0) is 43.3 Å². The van der Waals surface area contributed by atoms with Crippen molar-refractivity contribution < 1.29 is 19.4 Å². The monoisotopic (exact) mass is 686 g/mol. The molecule has 0 saturated carbocycles. The van der Waals surface area contributed by atoms with E-state index < -0.39 is 5.97 Å². The molecule has 5 aromatic rings. The van der Waals surface area contributed by atoms with Crippen molar-refractivity contribution in [2.24, 2.45) is 0 Å². The van der Waals surface area contributed by atoms with Crippen LogP contribution in [0, 0.1) is 0 Å². The number of amides is 1. The van der Waals surface area contributed by atoms with Gasteiger partial charge < -0.3 is 20.1 Å². The molecule has 13 heteroatoms. The molecule has 0 aliphatic carbocycles. The second kappa shape index (κ2) is 13.6. The van der Waals surface area contributed by atoms with E-state index in [0.717, 1.165) is 11.1 Å². The van der Waals surface area contributed by atoms with Crippen molar-refractivity contribution >= 4 is 46.4 Å². The number of anilines is 1. The number of carbonyl (C=O) groups excluding carboxylic acids is 1. The normalized spacial score (nSPS) is 14.4. The van der Waals surface area contributed by atoms with Crippen LogP contribution in [0.15, 0.2) is 77.9 Å². The molecule has 246 valence electrons. The molecule has 6 rings (SSSR count). The molecule has 1 saturated heterocycles. The number of methoxy groups -OCH3 is 1. The Morgan fingerprint density at radius 2 is 1.71 bits per heavy atom. The first kappa shape index (κ1) is 33.0. The number of benzene rings is 2. The molecule has 1 aliphatic rings. The summed E-state index contributed by atoms with van der Waals surface area (Å²) in [5, 5.41) is 13.0. The third-order valence-corrected chi connectivity index (χ3v) is 9.21. The average molecular weight is 688 g/mol. The van der Waals surface area contributed by atoms with Gasteiger partial charge in [-0.25, -0.2) is 9.97 Å². The fraction of sp³-hybridized carbons (Fsp3) is 0.229. The van der Waals surface area contributed by atoms with Crippen LogP contribution >= 0.6 is 23.2 Å². The maximum atomic E-state index is 13.3. The van der Waals surface area contributed by atoms with Crippen LogP contribution in [-0.2, 0) is 16.1 Å². The Balaban J connectivity index is 1.31. The molecule has 0 spiro atoms. The topological polar surface area (TPSA) is 129 Å². The summed E-state index contributed by atoms with van der Waals surface area (Å²) in [7, 11) is 5.00. The predicted molar refractivity (Wildman–Crippen MR) is 186 cm³/mol. The zero-order valence-corrected chi connectivity index (χ0v) is 27.9. The lowest BCUT2D eigenvalue weighted by atomic mass is 9.97. The lowest BCUT2D eigenvalue weighted by Crippen LogP contribution is -2.41. The number of carboxylic acids is 1. The number of likely N-dealkylation sites (N-methyl/N-ethyl adjacent to an activating group) is 1. The second-order valence-electron chi connectivity index (χ2n) is 11.6. The Bertz CT molecular complexity index is 2120. The first-order chi connectivity index (χ1) is 23.0. The van der Waals surface area contributed by atoms with E-state index in [1.807, 2.05) is 60.5 Å². The lowest BCUT2D eigenvalue weighted by Gasteiger charge is -2.23. The molecule has 2 N–H and O–H groups in total. The van der Waals surface area contributed by atoms with Gasteiger partial charge >= 0.3 is 5.97 Å². The number of carboxylic acid groups (broad SMARTS) is 1. The van der Waals surface area contributed by atoms with Gasteiger partial charge in [0.1, 0.15) is 17.9 Å². The van der Waals surface area contributed by atoms with E-state index in [4.69, 9.17) is 27.9 Å². The molecule has 1 aliphatic heterocycles. The summed E-state index contributed by atoms with van der Waals surface area (Å²) in [4.78, 5) is 48.9. The molecular weight excluding hydrogens is 655 g/mol. The van der Waals surface area contributed by atoms with Gasteiger partial charge in [0.25, 0.3) is 5.56 Å². The first-order valence-corrected chi connectivity index (χ1v) is 15.9. The van der Waals surface area contributed by atoms with E-state index >= 15 is 0 Å². The number of aliphatic carboxylic acids is 1. The fourth-order valence-electron chi connectivity index (χ4n) is 5.91. The Morgan fingerprint density at radius 1 is 1.02 bits per heavy atom. The number of hydrogen-bond donors (Lipinski definition) is 2. The Labute approximate surface area is 286 Å². The van der Waals surface area contributed by atoms with Crippen LogP contribution in [0.5, 0.6) is 5.88 Å². The molecule has 0 bridgehead atoms. The number of rotatable bonds is 10. The van der Waals surface area contributed by atoms with Crippen LogP contribution in [0.2, 0.25) is 10.0 Å². The summed E-state index contributed by atoms with van der Waals surface area (Å²) in [5.74, 6) is -0.696. The van der Waals surface area contributed by atoms with Crippen LogP contribution in [0.3, 0.4) is 0 Å². The van der Waals surface area contributed by atoms with E-state index in [0.29, 0.717) is 68.7 Å². The van der Waals surface area contributed by atoms with Crippen molar-refractivity contribution in [1.29, 1.82) is 0 Å². The summed E-state index contributed by atoms with van der Waals surface area (Å²) in [6.07, 6.45) is 4.33. The minimum atomic E-state index is -0.974. The Morgan fingerprint density at radius 3 is 2.38 bits per heavy atom. The van der Waals surface area contributed by atoms with Gasteiger partial charge in [-0.1, -0.05) is 59.6 Å². The fourth-order valence-corrected chi connectivity index (χ4v) is 6.57. The van der Waals surface area contributed by atoms with Gasteiger partial charge in [0.05, 0.1) is 34.6 Å². The van der Waals surface area contributed by atoms with Gasteiger partial charge in [-0.3, -0.25) is 23.7 Å². The number of pyridine rings is 2. The zero-order chi connectivity index (χ0) is 34.1. The summed E-state index contributed by atoms with van der Waals surface area (Å²) in [5.41, 5.74) is 5.43. The van der Waals surface area contributed by atoms with Crippen LogP contribution < -0.4 is 20.5 Å². The van der Waals surface area contributed by atoms with Crippen LogP contribution in [0.4, 0.5) is 5.69 Å². The van der Waals surface area contributed by atoms with Crippen molar-refractivity contribution in [2.75, 3.05) is 32.6 Å². The third kappa shape index (κ3) is 6.44. The first-order valence-electron chi connectivity index (χ1n) is 15.1. The van der Waals surface area contributed by atoms with E-state index in [9.17, 15) is 19.5 Å². The number of ether oxygens (including phenoxy) is 1. The van der Waals surface area contributed by atoms with Gasteiger partial charge in [0, 0.05) is 54.7 Å². The molecule has 1 atom stereocenters. The van der Waals surface area contributed by atoms with Gasteiger partial charge in [-0.2, -0.15) is 0 Å². The number of halogens is 2. The van der Waals surface area contributed by atoms with E-state index in [2.05, 4.69) is 15.3 Å². The number of nitrogens with zero attached hydrogens (tertiary/aromatic N) is 5. The molecule has 11 nitrogen and oxygen atoms in total. The maximum Gasteiger partial charge on any atom is 0.323 e. The van der Waals surface area contributed by atoms with Gasteiger partial charge in [0.15, 0.2) is 0 Å². The SMILES string of the molecule is COc1nc(-c2cccc(-c3cccc(-c4ccn5c(=O)c(CN(C)[C@H]6CCC(=O)N6)cnc5c4)c3Cl)c2Cl)ccc1N(C)CC(=O)O. The number of carbonyl (C=O) groups is 2. The quantitative estimate of drug-likeness (QED) is 0.193. The van der Waals surface area contributed by atoms with Crippen LogP contribution in [0.25, 0.3) is 39.2 Å². The summed E-state index contributed by atoms with van der Waals surface area (Å²) in [6, 6.07) is 18.4. The highest BCUT2D eigenvalue weighted by atomic mass is 35.5. The van der Waals surface area contributed by atoms with E-state index in [1.54, 1.807) is 31.6 Å². The van der Waals surface area contributed by atoms with Crippen LogP contribution in [-0.4, -0.2) is 70.2 Å². The molecule has 0 radical (unpaired) electrons. The number of aromatic nitrogens is 3. The minimum Gasteiger partial charge on any atom is -0.480 e. The van der Waals surface area contributed by atoms with Crippen molar-refractivity contribution in [3.63, 3.8) is 0 Å². The standard InChI is InChI=1S/C35H32Cl2N6O5/c1-41(19-31(45)46)27-11-10-26(39-34(27)48-3)25-9-5-8-24(33(25)37)23-7-4-6-22(32(23)36)20-14-15-43-29(16-20)38-17-21(35(43)47)18-42(2)28-12-13-30(44)40-28/h4-11,14-17,28H,12-13,18-19H2,1-3H3,(H,40,44)(H,45,46)/t28-/m0/s1. The predicted octanol–water partition coefficient (Wildman–Crippen LogP) is 5.59. The van der Waals surface area contributed by atoms with Gasteiger partial charge in [0.2, 0.25) is 11.8 Å². The van der Waals surface area contributed by atoms with E-state index in [1.165, 1.54) is 16.4 Å². The average Bonchev–Trinajstić information content (AvgIpc) is 3.52. The Hall–Kier alpha value is -4.97.